The summed E-state index contributed by atoms with van der Waals surface area (Å²) in [6, 6.07) is 53.2. The Balaban J connectivity index is 1.08. The highest BCUT2D eigenvalue weighted by Crippen LogP contribution is 2.51. The van der Waals surface area contributed by atoms with Gasteiger partial charge in [-0.05, 0) is 128 Å². The highest BCUT2D eigenvalue weighted by Gasteiger charge is 2.36. The van der Waals surface area contributed by atoms with Crippen molar-refractivity contribution in [1.29, 1.82) is 0 Å². The Morgan fingerprint density at radius 2 is 0.918 bits per heavy atom. The van der Waals surface area contributed by atoms with E-state index in [0.29, 0.717) is 0 Å². The van der Waals surface area contributed by atoms with Gasteiger partial charge < -0.3 is 0 Å². The second-order valence-corrected chi connectivity index (χ2v) is 15.8. The van der Waals surface area contributed by atoms with E-state index in [0.717, 1.165) is 0 Å². The molecule has 0 aliphatic heterocycles. The van der Waals surface area contributed by atoms with Crippen LogP contribution in [0.4, 0.5) is 0 Å². The van der Waals surface area contributed by atoms with Gasteiger partial charge in [-0.15, -0.1) is 0 Å². The van der Waals surface area contributed by atoms with Gasteiger partial charge in [0.05, 0.1) is 0 Å². The molecule has 9 aromatic rings. The molecule has 234 valence electrons. The molecule has 1 aliphatic rings. The minimum absolute atomic E-state index is 0.107. The summed E-state index contributed by atoms with van der Waals surface area (Å²) in [6.07, 6.45) is 0. The van der Waals surface area contributed by atoms with E-state index in [-0.39, 0.29) is 10.8 Å². The predicted octanol–water partition coefficient (Wildman–Crippen LogP) is 13.8. The second-order valence-electron chi connectivity index (χ2n) is 15.8. The summed E-state index contributed by atoms with van der Waals surface area (Å²) in [7, 11) is 0. The van der Waals surface area contributed by atoms with Crippen LogP contribution in [0.2, 0.25) is 0 Å². The van der Waals surface area contributed by atoms with Gasteiger partial charge >= 0.3 is 0 Å². The molecule has 10 rings (SSSR count). The number of hydrogen-bond donors (Lipinski definition) is 0. The van der Waals surface area contributed by atoms with Crippen molar-refractivity contribution < 1.29 is 0 Å². The van der Waals surface area contributed by atoms with Crippen LogP contribution in [0.1, 0.15) is 51.3 Å². The summed E-state index contributed by atoms with van der Waals surface area (Å²) < 4.78 is 0. The summed E-state index contributed by atoms with van der Waals surface area (Å²) in [5, 5.41) is 13.3. The van der Waals surface area contributed by atoms with E-state index in [9.17, 15) is 0 Å². The summed E-state index contributed by atoms with van der Waals surface area (Å²) in [6.45, 7) is 11.7. The molecule has 0 heterocycles. The first-order valence-corrected chi connectivity index (χ1v) is 17.6. The van der Waals surface area contributed by atoms with Gasteiger partial charge in [0.1, 0.15) is 0 Å². The molecule has 0 unspecified atom stereocenters. The third kappa shape index (κ3) is 4.10. The average molecular weight is 627 g/mol. The lowest BCUT2D eigenvalue weighted by Crippen LogP contribution is -2.15. The summed E-state index contributed by atoms with van der Waals surface area (Å²) in [4.78, 5) is 0. The standard InChI is InChI=1S/C49H38/c1-48(2,3)37-25-35-13-11-30-14-19-40(43-23-18-36(26-37)46(35)47(30)43)34-17-22-42-41-21-16-32(27-44(41)49(4,5)45(42)28-34)31-15-20-39-33(24-31)12-10-29-8-6-7-9-38(29)39/h6-28H,1-5H3. The van der Waals surface area contributed by atoms with E-state index < -0.39 is 0 Å². The van der Waals surface area contributed by atoms with Crippen molar-refractivity contribution in [2.75, 3.05) is 0 Å². The van der Waals surface area contributed by atoms with Crippen LogP contribution in [-0.2, 0) is 10.8 Å². The molecule has 0 aromatic heterocycles. The molecule has 0 spiro atoms. The van der Waals surface area contributed by atoms with Crippen LogP contribution < -0.4 is 0 Å². The highest BCUT2D eigenvalue weighted by atomic mass is 14.4. The van der Waals surface area contributed by atoms with Gasteiger partial charge in [0, 0.05) is 5.41 Å². The minimum Gasteiger partial charge on any atom is -0.0616 e. The lowest BCUT2D eigenvalue weighted by Gasteiger charge is -2.23. The van der Waals surface area contributed by atoms with Crippen molar-refractivity contribution >= 4 is 53.9 Å². The van der Waals surface area contributed by atoms with Crippen LogP contribution in [0.5, 0.6) is 0 Å². The fourth-order valence-corrected chi connectivity index (χ4v) is 8.78. The van der Waals surface area contributed by atoms with Gasteiger partial charge in [0.15, 0.2) is 0 Å². The van der Waals surface area contributed by atoms with E-state index in [1.807, 2.05) is 0 Å². The second kappa shape index (κ2) is 9.80. The van der Waals surface area contributed by atoms with Crippen LogP contribution in [0.25, 0.3) is 87.2 Å². The molecule has 0 fully saturated rings. The van der Waals surface area contributed by atoms with Gasteiger partial charge in [0.2, 0.25) is 0 Å². The molecular formula is C49H38. The van der Waals surface area contributed by atoms with E-state index in [1.165, 1.54) is 104 Å². The quantitative estimate of drug-likeness (QED) is 0.168. The van der Waals surface area contributed by atoms with E-state index in [1.54, 1.807) is 0 Å². The zero-order chi connectivity index (χ0) is 33.2. The third-order valence-electron chi connectivity index (χ3n) is 11.5. The Kier molecular flexibility index (Phi) is 5.71. The van der Waals surface area contributed by atoms with Crippen LogP contribution in [0, 0.1) is 0 Å². The third-order valence-corrected chi connectivity index (χ3v) is 11.5. The van der Waals surface area contributed by atoms with Gasteiger partial charge in [-0.1, -0.05) is 156 Å². The molecule has 9 aromatic carbocycles. The zero-order valence-electron chi connectivity index (χ0n) is 28.8. The Hall–Kier alpha value is -5.46. The van der Waals surface area contributed by atoms with Gasteiger partial charge in [-0.2, -0.15) is 0 Å². The van der Waals surface area contributed by atoms with Gasteiger partial charge in [0.25, 0.3) is 0 Å². The normalized spacial score (nSPS) is 14.0. The van der Waals surface area contributed by atoms with Crippen LogP contribution in [0.3, 0.4) is 0 Å². The Morgan fingerprint density at radius 3 is 1.69 bits per heavy atom. The number of fused-ring (bicyclic) bond motifs is 6. The maximum absolute atomic E-state index is 2.47. The van der Waals surface area contributed by atoms with E-state index >= 15 is 0 Å². The largest absolute Gasteiger partial charge is 0.0616 e. The van der Waals surface area contributed by atoms with Crippen LogP contribution >= 0.6 is 0 Å². The van der Waals surface area contributed by atoms with Crippen LogP contribution in [-0.4, -0.2) is 0 Å². The topological polar surface area (TPSA) is 0 Å². The van der Waals surface area contributed by atoms with Crippen molar-refractivity contribution in [3.8, 4) is 33.4 Å². The summed E-state index contributed by atoms with van der Waals surface area (Å²) in [5.41, 5.74) is 12.0. The first-order valence-electron chi connectivity index (χ1n) is 17.6. The molecule has 0 nitrogen and oxygen atoms in total. The molecule has 0 radical (unpaired) electrons. The number of rotatable bonds is 2. The maximum Gasteiger partial charge on any atom is 0.0159 e. The Labute approximate surface area is 288 Å². The monoisotopic (exact) mass is 626 g/mol. The van der Waals surface area contributed by atoms with Gasteiger partial charge in [-0.25, -0.2) is 0 Å². The Bertz CT molecular complexity index is 2800. The zero-order valence-corrected chi connectivity index (χ0v) is 28.8. The van der Waals surface area contributed by atoms with E-state index in [2.05, 4.69) is 174 Å². The first-order chi connectivity index (χ1) is 23.6. The van der Waals surface area contributed by atoms with Crippen molar-refractivity contribution in [2.45, 2.75) is 45.4 Å². The molecule has 0 saturated heterocycles. The number of hydrogen-bond acceptors (Lipinski definition) is 0. The molecule has 0 N–H and O–H groups in total. The molecule has 0 amide bonds. The van der Waals surface area contributed by atoms with Crippen LogP contribution in [0.15, 0.2) is 140 Å². The Morgan fingerprint density at radius 1 is 0.388 bits per heavy atom. The lowest BCUT2D eigenvalue weighted by molar-refractivity contribution is 0.591. The lowest BCUT2D eigenvalue weighted by atomic mass is 9.80. The molecule has 0 saturated carbocycles. The molecule has 1 aliphatic carbocycles. The maximum atomic E-state index is 2.47. The van der Waals surface area contributed by atoms with Crippen molar-refractivity contribution in [1.82, 2.24) is 0 Å². The van der Waals surface area contributed by atoms with Gasteiger partial charge in [-0.3, -0.25) is 0 Å². The number of benzene rings is 9. The van der Waals surface area contributed by atoms with Crippen molar-refractivity contribution in [2.24, 2.45) is 0 Å². The van der Waals surface area contributed by atoms with Crippen molar-refractivity contribution in [3.63, 3.8) is 0 Å². The fraction of sp³-hybridized carbons (Fsp3) is 0.143. The smallest absolute Gasteiger partial charge is 0.0159 e. The molecule has 0 bridgehead atoms. The highest BCUT2D eigenvalue weighted by molar-refractivity contribution is 6.25. The predicted molar refractivity (Wildman–Crippen MR) is 212 cm³/mol. The fourth-order valence-electron chi connectivity index (χ4n) is 8.78. The molecule has 0 atom stereocenters. The summed E-state index contributed by atoms with van der Waals surface area (Å²) in [5.74, 6) is 0. The molecule has 0 heteroatoms. The summed E-state index contributed by atoms with van der Waals surface area (Å²) >= 11 is 0. The van der Waals surface area contributed by atoms with Crippen molar-refractivity contribution in [3.05, 3.63) is 156 Å². The minimum atomic E-state index is -0.114. The first kappa shape index (κ1) is 28.5. The SMILES string of the molecule is CC(C)(C)c1cc2ccc3ccc(-c4ccc5c(c4)C(C)(C)c4cc(-c6ccc7c(ccc8ccccc87)c6)ccc4-5)c4ccc(c1)c2c34. The van der Waals surface area contributed by atoms with E-state index in [4.69, 9.17) is 0 Å². The molecular weight excluding hydrogens is 589 g/mol. The average Bonchev–Trinajstić information content (AvgIpc) is 3.34. The molecule has 49 heavy (non-hydrogen) atoms.